The molecule has 1 rings (SSSR count). The molecule has 2 N–H and O–H groups in total. The highest BCUT2D eigenvalue weighted by atomic mass is 19.1. The summed E-state index contributed by atoms with van der Waals surface area (Å²) in [5, 5.41) is 0. The Morgan fingerprint density at radius 2 is 2.31 bits per heavy atom. The maximum atomic E-state index is 13.0. The van der Waals surface area contributed by atoms with Crippen molar-refractivity contribution in [1.82, 2.24) is 0 Å². The Morgan fingerprint density at radius 1 is 1.62 bits per heavy atom. The maximum absolute atomic E-state index is 13.0. The number of carbonyl (C=O) groups is 1. The Labute approximate surface area is 75.3 Å². The van der Waals surface area contributed by atoms with Crippen molar-refractivity contribution in [3.8, 4) is 5.75 Å². The van der Waals surface area contributed by atoms with Gasteiger partial charge in [-0.1, -0.05) is 12.1 Å². The fourth-order valence-electron chi connectivity index (χ4n) is 1.11. The molecule has 0 aliphatic heterocycles. The smallest absolute Gasteiger partial charge is 0.221 e. The number of amides is 1. The van der Waals surface area contributed by atoms with E-state index in [4.69, 9.17) is 10.5 Å². The summed E-state index contributed by atoms with van der Waals surface area (Å²) in [7, 11) is 1.35. The third-order valence-electron chi connectivity index (χ3n) is 1.62. The van der Waals surface area contributed by atoms with Crippen molar-refractivity contribution in [2.45, 2.75) is 6.42 Å². The van der Waals surface area contributed by atoms with Crippen LogP contribution in [0.4, 0.5) is 4.39 Å². The van der Waals surface area contributed by atoms with Crippen LogP contribution in [0.25, 0.3) is 0 Å². The molecule has 0 aliphatic rings. The fourth-order valence-corrected chi connectivity index (χ4v) is 1.11. The molecule has 0 unspecified atom stereocenters. The molecule has 0 saturated carbocycles. The summed E-state index contributed by atoms with van der Waals surface area (Å²) < 4.78 is 17.8. The molecule has 0 fully saturated rings. The minimum Gasteiger partial charge on any atom is -0.493 e. The molecule has 0 radical (unpaired) electrons. The van der Waals surface area contributed by atoms with E-state index in [1.54, 1.807) is 6.07 Å². The highest BCUT2D eigenvalue weighted by molar-refractivity contribution is 5.77. The molecule has 1 aromatic rings. The number of rotatable bonds is 3. The minimum atomic E-state index is -0.510. The van der Waals surface area contributed by atoms with Crippen LogP contribution < -0.4 is 10.5 Å². The first-order valence-corrected chi connectivity index (χ1v) is 3.75. The van der Waals surface area contributed by atoms with Crippen molar-refractivity contribution < 1.29 is 13.9 Å². The molecule has 0 bridgehead atoms. The number of carbonyl (C=O) groups excluding carboxylic acids is 1. The van der Waals surface area contributed by atoms with Gasteiger partial charge in [-0.15, -0.1) is 0 Å². The third-order valence-corrected chi connectivity index (χ3v) is 1.62. The Bertz CT molecular complexity index is 325. The van der Waals surface area contributed by atoms with E-state index < -0.39 is 11.7 Å². The van der Waals surface area contributed by atoms with E-state index in [1.165, 1.54) is 19.2 Å². The molecule has 0 aromatic heterocycles. The van der Waals surface area contributed by atoms with Gasteiger partial charge in [0.05, 0.1) is 13.5 Å². The van der Waals surface area contributed by atoms with Crippen LogP contribution in [0.2, 0.25) is 0 Å². The molecular weight excluding hydrogens is 173 g/mol. The molecule has 0 spiro atoms. The summed E-state index contributed by atoms with van der Waals surface area (Å²) in [6, 6.07) is 4.38. The first kappa shape index (κ1) is 9.51. The van der Waals surface area contributed by atoms with Crippen LogP contribution in [0, 0.1) is 5.82 Å². The molecule has 1 amide bonds. The Balaban J connectivity index is 3.05. The number of hydrogen-bond acceptors (Lipinski definition) is 2. The van der Waals surface area contributed by atoms with Crippen molar-refractivity contribution >= 4 is 5.91 Å². The number of para-hydroxylation sites is 1. The Morgan fingerprint density at radius 3 is 2.85 bits per heavy atom. The zero-order valence-electron chi connectivity index (χ0n) is 7.21. The van der Waals surface area contributed by atoms with Crippen LogP contribution in [-0.2, 0) is 11.2 Å². The number of halogens is 1. The van der Waals surface area contributed by atoms with E-state index in [2.05, 4.69) is 0 Å². The van der Waals surface area contributed by atoms with Crippen LogP contribution in [0.5, 0.6) is 5.75 Å². The second-order valence-corrected chi connectivity index (χ2v) is 2.58. The predicted molar refractivity (Wildman–Crippen MR) is 45.9 cm³/mol. The fraction of sp³-hybridized carbons (Fsp3) is 0.222. The van der Waals surface area contributed by atoms with Gasteiger partial charge in [-0.3, -0.25) is 4.79 Å². The van der Waals surface area contributed by atoms with E-state index in [9.17, 15) is 9.18 Å². The van der Waals surface area contributed by atoms with Gasteiger partial charge in [-0.05, 0) is 6.07 Å². The molecule has 0 aliphatic carbocycles. The predicted octanol–water partition coefficient (Wildman–Crippen LogP) is 0.862. The van der Waals surface area contributed by atoms with Crippen LogP contribution in [-0.4, -0.2) is 13.0 Å². The highest BCUT2D eigenvalue weighted by Gasteiger charge is 2.09. The molecular formula is C9H10FNO2. The average Bonchev–Trinajstić information content (AvgIpc) is 2.03. The van der Waals surface area contributed by atoms with Gasteiger partial charge < -0.3 is 10.5 Å². The van der Waals surface area contributed by atoms with Gasteiger partial charge in [0, 0.05) is 5.56 Å². The first-order valence-electron chi connectivity index (χ1n) is 3.75. The molecule has 4 heteroatoms. The molecule has 13 heavy (non-hydrogen) atoms. The monoisotopic (exact) mass is 183 g/mol. The van der Waals surface area contributed by atoms with Crippen molar-refractivity contribution in [2.24, 2.45) is 5.73 Å². The van der Waals surface area contributed by atoms with Gasteiger partial charge in [-0.2, -0.15) is 0 Å². The molecule has 0 heterocycles. The number of benzene rings is 1. The number of primary amides is 1. The normalized spacial score (nSPS) is 9.69. The second kappa shape index (κ2) is 3.89. The standard InChI is InChI=1S/C9H10FNO2/c1-13-9-6(5-8(11)12)3-2-4-7(9)10/h2-4H,5H2,1H3,(H2,11,12). The maximum Gasteiger partial charge on any atom is 0.221 e. The van der Waals surface area contributed by atoms with Gasteiger partial charge >= 0.3 is 0 Å². The number of ether oxygens (including phenoxy) is 1. The molecule has 0 saturated heterocycles. The highest BCUT2D eigenvalue weighted by Crippen LogP contribution is 2.22. The van der Waals surface area contributed by atoms with Crippen LogP contribution >= 0.6 is 0 Å². The van der Waals surface area contributed by atoms with E-state index in [0.717, 1.165) is 0 Å². The average molecular weight is 183 g/mol. The van der Waals surface area contributed by atoms with Crippen LogP contribution in [0.3, 0.4) is 0 Å². The number of nitrogens with two attached hydrogens (primary N) is 1. The van der Waals surface area contributed by atoms with Crippen molar-refractivity contribution in [3.63, 3.8) is 0 Å². The lowest BCUT2D eigenvalue weighted by atomic mass is 10.1. The summed E-state index contributed by atoms with van der Waals surface area (Å²) >= 11 is 0. The quantitative estimate of drug-likeness (QED) is 0.755. The number of methoxy groups -OCH3 is 1. The van der Waals surface area contributed by atoms with Crippen LogP contribution in [0.1, 0.15) is 5.56 Å². The molecule has 3 nitrogen and oxygen atoms in total. The van der Waals surface area contributed by atoms with Gasteiger partial charge in [0.15, 0.2) is 11.6 Å². The van der Waals surface area contributed by atoms with E-state index in [0.29, 0.717) is 5.56 Å². The van der Waals surface area contributed by atoms with Crippen molar-refractivity contribution in [3.05, 3.63) is 29.6 Å². The van der Waals surface area contributed by atoms with E-state index in [1.807, 2.05) is 0 Å². The summed E-state index contributed by atoms with van der Waals surface area (Å²) in [6.07, 6.45) is -0.0130. The van der Waals surface area contributed by atoms with E-state index in [-0.39, 0.29) is 12.2 Å². The summed E-state index contributed by atoms with van der Waals surface area (Å²) in [5.41, 5.74) is 5.45. The zero-order chi connectivity index (χ0) is 9.84. The molecule has 70 valence electrons. The molecule has 1 aromatic carbocycles. The molecule has 0 atom stereocenters. The van der Waals surface area contributed by atoms with Gasteiger partial charge in [0.1, 0.15) is 0 Å². The minimum absolute atomic E-state index is 0.0130. The number of hydrogen-bond donors (Lipinski definition) is 1. The van der Waals surface area contributed by atoms with Crippen LogP contribution in [0.15, 0.2) is 18.2 Å². The summed E-state index contributed by atoms with van der Waals surface area (Å²) in [6.45, 7) is 0. The van der Waals surface area contributed by atoms with Crippen molar-refractivity contribution in [2.75, 3.05) is 7.11 Å². The first-order chi connectivity index (χ1) is 6.15. The second-order valence-electron chi connectivity index (χ2n) is 2.58. The lowest BCUT2D eigenvalue weighted by Gasteiger charge is -2.06. The lowest BCUT2D eigenvalue weighted by Crippen LogP contribution is -2.14. The Hall–Kier alpha value is -1.58. The summed E-state index contributed by atoms with van der Waals surface area (Å²) in [4.78, 5) is 10.6. The van der Waals surface area contributed by atoms with Crippen molar-refractivity contribution in [1.29, 1.82) is 0 Å². The van der Waals surface area contributed by atoms with E-state index >= 15 is 0 Å². The Kier molecular flexibility index (Phi) is 2.84. The largest absolute Gasteiger partial charge is 0.493 e. The SMILES string of the molecule is COc1c(F)cccc1CC(N)=O. The van der Waals surface area contributed by atoms with Gasteiger partial charge in [0.25, 0.3) is 0 Å². The zero-order valence-corrected chi connectivity index (χ0v) is 7.21. The third kappa shape index (κ3) is 2.18. The topological polar surface area (TPSA) is 52.3 Å². The summed E-state index contributed by atoms with van der Waals surface area (Å²) in [5.74, 6) is -0.911. The van der Waals surface area contributed by atoms with Gasteiger partial charge in [0.2, 0.25) is 5.91 Å². The lowest BCUT2D eigenvalue weighted by molar-refractivity contribution is -0.117. The van der Waals surface area contributed by atoms with Gasteiger partial charge in [-0.25, -0.2) is 4.39 Å².